The lowest BCUT2D eigenvalue weighted by Gasteiger charge is -2.28. The van der Waals surface area contributed by atoms with E-state index >= 15 is 0 Å². The van der Waals surface area contributed by atoms with Gasteiger partial charge >= 0.3 is 0 Å². The molecule has 52 heavy (non-hydrogen) atoms. The molecule has 9 aromatic rings. The maximum absolute atomic E-state index is 2.45. The summed E-state index contributed by atoms with van der Waals surface area (Å²) in [6.45, 7) is 16.2. The van der Waals surface area contributed by atoms with Crippen LogP contribution < -0.4 is 16.4 Å². The van der Waals surface area contributed by atoms with Gasteiger partial charge in [0.2, 0.25) is 6.71 Å². The van der Waals surface area contributed by atoms with Crippen LogP contribution in [0.2, 0.25) is 0 Å². The van der Waals surface area contributed by atoms with Gasteiger partial charge in [-0.2, -0.15) is 0 Å². The van der Waals surface area contributed by atoms with Crippen molar-refractivity contribution < 1.29 is 0 Å². The number of aromatic nitrogens is 2. The molecule has 0 saturated heterocycles. The highest BCUT2D eigenvalue weighted by molar-refractivity contribution is 6.97. The SMILES string of the molecule is Cc1cc(C)c(B(c2c(C)cc(-n3c4ccccc4c4ccccc43)cc2C)c2c(C)cc(-n3c4ccccc4c4ccccc43)cc2C)c(C)c1. The third kappa shape index (κ3) is 4.87. The minimum Gasteiger partial charge on any atom is -0.309 e. The molecule has 252 valence electrons. The number of aryl methyl sites for hydroxylation is 7. The van der Waals surface area contributed by atoms with Crippen LogP contribution in [0.25, 0.3) is 55.0 Å². The predicted octanol–water partition coefficient (Wildman–Crippen LogP) is 10.6. The predicted molar refractivity (Wildman–Crippen MR) is 226 cm³/mol. The number of hydrogen-bond donors (Lipinski definition) is 0. The number of fused-ring (bicyclic) bond motifs is 6. The molecule has 0 aliphatic carbocycles. The highest BCUT2D eigenvalue weighted by Crippen LogP contribution is 2.34. The van der Waals surface area contributed by atoms with Crippen LogP contribution in [-0.4, -0.2) is 15.8 Å². The normalized spacial score (nSPS) is 11.8. The van der Waals surface area contributed by atoms with E-state index in [1.165, 1.54) is 110 Å². The fourth-order valence-electron chi connectivity index (χ4n) is 9.55. The maximum Gasteiger partial charge on any atom is 0.243 e. The zero-order chi connectivity index (χ0) is 35.8. The molecular formula is C49H43BN2. The summed E-state index contributed by atoms with van der Waals surface area (Å²) in [5.41, 5.74) is 20.8. The molecule has 0 bridgehead atoms. The quantitative estimate of drug-likeness (QED) is 0.161. The van der Waals surface area contributed by atoms with Gasteiger partial charge < -0.3 is 9.13 Å². The lowest BCUT2D eigenvalue weighted by molar-refractivity contribution is 1.16. The minimum absolute atomic E-state index is 0.0833. The van der Waals surface area contributed by atoms with Crippen LogP contribution in [-0.2, 0) is 0 Å². The van der Waals surface area contributed by atoms with Crippen molar-refractivity contribution in [1.82, 2.24) is 9.13 Å². The summed E-state index contributed by atoms with van der Waals surface area (Å²) in [7, 11) is 0. The van der Waals surface area contributed by atoms with Gasteiger partial charge in [-0.15, -0.1) is 0 Å². The fraction of sp³-hybridized carbons (Fsp3) is 0.143. The van der Waals surface area contributed by atoms with Gasteiger partial charge in [-0.1, -0.05) is 140 Å². The molecule has 2 nitrogen and oxygen atoms in total. The van der Waals surface area contributed by atoms with Gasteiger partial charge in [-0.05, 0) is 97.0 Å². The smallest absolute Gasteiger partial charge is 0.243 e. The van der Waals surface area contributed by atoms with E-state index in [4.69, 9.17) is 0 Å². The van der Waals surface area contributed by atoms with Crippen molar-refractivity contribution >= 4 is 66.7 Å². The first-order valence-electron chi connectivity index (χ1n) is 18.5. The second-order valence-corrected chi connectivity index (χ2v) is 15.0. The van der Waals surface area contributed by atoms with Crippen LogP contribution in [0.1, 0.15) is 38.9 Å². The third-order valence-electron chi connectivity index (χ3n) is 11.4. The summed E-state index contributed by atoms with van der Waals surface area (Å²) in [4.78, 5) is 0. The van der Waals surface area contributed by atoms with E-state index in [2.05, 4.69) is 191 Å². The van der Waals surface area contributed by atoms with E-state index in [0.717, 1.165) is 0 Å². The summed E-state index contributed by atoms with van der Waals surface area (Å²) in [6, 6.07) is 49.6. The Morgan fingerprint density at radius 1 is 0.327 bits per heavy atom. The Labute approximate surface area is 307 Å². The van der Waals surface area contributed by atoms with E-state index in [1.54, 1.807) is 0 Å². The highest BCUT2D eigenvalue weighted by Gasteiger charge is 2.32. The summed E-state index contributed by atoms with van der Waals surface area (Å²) < 4.78 is 4.89. The number of hydrogen-bond acceptors (Lipinski definition) is 0. The average Bonchev–Trinajstić information content (AvgIpc) is 3.64. The number of nitrogens with zero attached hydrogens (tertiary/aromatic N) is 2. The minimum atomic E-state index is 0.0833. The molecule has 7 aromatic carbocycles. The van der Waals surface area contributed by atoms with Crippen molar-refractivity contribution in [1.29, 1.82) is 0 Å². The molecule has 0 atom stereocenters. The van der Waals surface area contributed by atoms with E-state index in [1.807, 2.05) is 0 Å². The van der Waals surface area contributed by atoms with Gasteiger partial charge in [0.25, 0.3) is 0 Å². The first-order valence-corrected chi connectivity index (χ1v) is 18.5. The van der Waals surface area contributed by atoms with Gasteiger partial charge in [0.1, 0.15) is 0 Å². The zero-order valence-corrected chi connectivity index (χ0v) is 31.2. The van der Waals surface area contributed by atoms with Crippen molar-refractivity contribution in [3.8, 4) is 11.4 Å². The van der Waals surface area contributed by atoms with Gasteiger partial charge in [0.15, 0.2) is 0 Å². The van der Waals surface area contributed by atoms with Crippen molar-refractivity contribution in [2.75, 3.05) is 0 Å². The molecule has 0 spiro atoms. The van der Waals surface area contributed by atoms with Crippen molar-refractivity contribution in [2.24, 2.45) is 0 Å². The second kappa shape index (κ2) is 12.2. The molecule has 2 aromatic heterocycles. The van der Waals surface area contributed by atoms with E-state index in [9.17, 15) is 0 Å². The standard InChI is InChI=1S/C49H43BN2/c1-30-24-31(2)47(32(3)25-30)50(48-33(4)26-37(27-34(48)5)51-43-20-12-8-16-39(43)40-17-9-13-21-44(40)51)49-35(6)28-38(29-36(49)7)52-45-22-14-10-18-41(45)42-19-11-15-23-46(42)52/h8-29H,1-7H3. The summed E-state index contributed by atoms with van der Waals surface area (Å²) in [6.07, 6.45) is 0. The molecule has 0 amide bonds. The van der Waals surface area contributed by atoms with E-state index in [0.29, 0.717) is 0 Å². The van der Waals surface area contributed by atoms with Crippen LogP contribution in [0.15, 0.2) is 133 Å². The number of rotatable bonds is 5. The first-order chi connectivity index (χ1) is 25.2. The molecular weight excluding hydrogens is 627 g/mol. The summed E-state index contributed by atoms with van der Waals surface area (Å²) >= 11 is 0. The molecule has 0 saturated carbocycles. The first kappa shape index (κ1) is 32.1. The fourth-order valence-corrected chi connectivity index (χ4v) is 9.55. The Balaban J connectivity index is 1.28. The molecule has 0 radical (unpaired) electrons. The molecule has 0 fully saturated rings. The van der Waals surface area contributed by atoms with E-state index in [-0.39, 0.29) is 6.71 Å². The second-order valence-electron chi connectivity index (χ2n) is 15.0. The molecule has 0 N–H and O–H groups in total. The van der Waals surface area contributed by atoms with Gasteiger partial charge in [-0.3, -0.25) is 0 Å². The Morgan fingerprint density at radius 3 is 0.865 bits per heavy atom. The molecule has 2 heterocycles. The lowest BCUT2D eigenvalue weighted by atomic mass is 9.33. The largest absolute Gasteiger partial charge is 0.309 e. The van der Waals surface area contributed by atoms with Crippen LogP contribution in [0, 0.1) is 48.5 Å². The van der Waals surface area contributed by atoms with Crippen LogP contribution in [0.5, 0.6) is 0 Å². The van der Waals surface area contributed by atoms with Gasteiger partial charge in [0.05, 0.1) is 22.1 Å². The highest BCUT2D eigenvalue weighted by atomic mass is 15.0. The monoisotopic (exact) mass is 670 g/mol. The van der Waals surface area contributed by atoms with E-state index < -0.39 is 0 Å². The number of benzene rings is 7. The van der Waals surface area contributed by atoms with Gasteiger partial charge in [-0.25, -0.2) is 0 Å². The van der Waals surface area contributed by atoms with Crippen molar-refractivity contribution in [3.63, 3.8) is 0 Å². The maximum atomic E-state index is 2.45. The van der Waals surface area contributed by atoms with Crippen LogP contribution >= 0.6 is 0 Å². The Kier molecular flexibility index (Phi) is 7.52. The van der Waals surface area contributed by atoms with Crippen molar-refractivity contribution in [3.05, 3.63) is 172 Å². The third-order valence-corrected chi connectivity index (χ3v) is 11.4. The molecule has 3 heteroatoms. The Bertz CT molecular complexity index is 2540. The Morgan fingerprint density at radius 2 is 0.577 bits per heavy atom. The molecule has 9 rings (SSSR count). The van der Waals surface area contributed by atoms with Gasteiger partial charge in [0, 0.05) is 32.9 Å². The van der Waals surface area contributed by atoms with Crippen LogP contribution in [0.4, 0.5) is 0 Å². The lowest BCUT2D eigenvalue weighted by Crippen LogP contribution is -2.57. The average molecular weight is 671 g/mol. The van der Waals surface area contributed by atoms with Crippen molar-refractivity contribution in [2.45, 2.75) is 48.5 Å². The Hall–Kier alpha value is -5.80. The summed E-state index contributed by atoms with van der Waals surface area (Å²) in [5.74, 6) is 0. The topological polar surface area (TPSA) is 9.86 Å². The molecule has 0 aliphatic rings. The zero-order valence-electron chi connectivity index (χ0n) is 31.2. The van der Waals surface area contributed by atoms with Crippen LogP contribution in [0.3, 0.4) is 0 Å². The summed E-state index contributed by atoms with van der Waals surface area (Å²) in [5, 5.41) is 5.15. The molecule has 0 aliphatic heterocycles. The molecule has 0 unspecified atom stereocenters. The number of para-hydroxylation sites is 4.